The highest BCUT2D eigenvalue weighted by Crippen LogP contribution is 2.34. The van der Waals surface area contributed by atoms with Crippen LogP contribution in [0.1, 0.15) is 29.5 Å². The number of hydrogen-bond donors (Lipinski definition) is 1. The van der Waals surface area contributed by atoms with Gasteiger partial charge < -0.3 is 5.32 Å². The first-order valence-corrected chi connectivity index (χ1v) is 13.7. The van der Waals surface area contributed by atoms with Crippen LogP contribution in [0.15, 0.2) is 81.4 Å². The van der Waals surface area contributed by atoms with Crippen molar-refractivity contribution in [2.45, 2.75) is 48.3 Å². The average Bonchev–Trinajstić information content (AvgIpc) is 2.80. The predicted octanol–water partition coefficient (Wildman–Crippen LogP) is 5.80. The van der Waals surface area contributed by atoms with Gasteiger partial charge in [0, 0.05) is 22.9 Å². The van der Waals surface area contributed by atoms with E-state index in [1.807, 2.05) is 87.5 Å². The Balaban J connectivity index is 1.51. The molecule has 0 spiro atoms. The van der Waals surface area contributed by atoms with Crippen molar-refractivity contribution >= 4 is 33.4 Å². The van der Waals surface area contributed by atoms with Gasteiger partial charge in [-0.2, -0.15) is 4.31 Å². The van der Waals surface area contributed by atoms with Crippen molar-refractivity contribution in [3.05, 3.63) is 83.4 Å². The van der Waals surface area contributed by atoms with Crippen molar-refractivity contribution in [2.75, 3.05) is 18.4 Å². The van der Waals surface area contributed by atoms with Gasteiger partial charge in [-0.05, 0) is 69.0 Å². The van der Waals surface area contributed by atoms with E-state index in [1.165, 1.54) is 4.31 Å². The van der Waals surface area contributed by atoms with Gasteiger partial charge in [0.25, 0.3) is 0 Å². The second-order valence-corrected chi connectivity index (χ2v) is 11.8. The van der Waals surface area contributed by atoms with Crippen molar-refractivity contribution in [3.63, 3.8) is 0 Å². The lowest BCUT2D eigenvalue weighted by atomic mass is 9.98. The highest BCUT2D eigenvalue weighted by molar-refractivity contribution is 7.99. The summed E-state index contributed by atoms with van der Waals surface area (Å²) in [6.45, 7) is 6.25. The van der Waals surface area contributed by atoms with Gasteiger partial charge in [0.15, 0.2) is 0 Å². The molecule has 0 unspecified atom stereocenters. The summed E-state index contributed by atoms with van der Waals surface area (Å²) in [7, 11) is -3.68. The standard InChI is InChI=1S/C27H30N2O3S2/c1-19-16-20(2)26(21(3)17-19)34(31,32)29-15-9-10-22(18-29)27(30)28-24-13-7-8-14-25(24)33-23-11-5-4-6-12-23/h4-8,11-14,16-17,22H,9-10,15,18H2,1-3H3,(H,28,30)/t22-/m0/s1. The van der Waals surface area contributed by atoms with E-state index < -0.39 is 15.9 Å². The molecule has 5 nitrogen and oxygen atoms in total. The van der Waals surface area contributed by atoms with Crippen LogP contribution in [0.25, 0.3) is 0 Å². The quantitative estimate of drug-likeness (QED) is 0.470. The second kappa shape index (κ2) is 10.3. The molecule has 34 heavy (non-hydrogen) atoms. The van der Waals surface area contributed by atoms with Crippen LogP contribution >= 0.6 is 11.8 Å². The Morgan fingerprint density at radius 3 is 2.32 bits per heavy atom. The zero-order valence-corrected chi connectivity index (χ0v) is 21.4. The molecule has 0 bridgehead atoms. The van der Waals surface area contributed by atoms with Crippen molar-refractivity contribution in [1.82, 2.24) is 4.31 Å². The molecular weight excluding hydrogens is 464 g/mol. The fourth-order valence-corrected chi connectivity index (χ4v) is 7.44. The Kier molecular flexibility index (Phi) is 7.45. The summed E-state index contributed by atoms with van der Waals surface area (Å²) in [5.74, 6) is -0.539. The molecule has 3 aromatic carbocycles. The summed E-state index contributed by atoms with van der Waals surface area (Å²) in [6.07, 6.45) is 1.32. The van der Waals surface area contributed by atoms with Crippen molar-refractivity contribution < 1.29 is 13.2 Å². The molecule has 1 heterocycles. The van der Waals surface area contributed by atoms with E-state index in [-0.39, 0.29) is 12.5 Å². The van der Waals surface area contributed by atoms with E-state index in [4.69, 9.17) is 0 Å². The molecule has 1 saturated heterocycles. The van der Waals surface area contributed by atoms with E-state index >= 15 is 0 Å². The lowest BCUT2D eigenvalue weighted by Crippen LogP contribution is -2.44. The van der Waals surface area contributed by atoms with Crippen LogP contribution in [0.3, 0.4) is 0 Å². The lowest BCUT2D eigenvalue weighted by molar-refractivity contribution is -0.120. The molecule has 1 N–H and O–H groups in total. The van der Waals surface area contributed by atoms with Crippen LogP contribution in [-0.4, -0.2) is 31.7 Å². The number of sulfonamides is 1. The molecule has 4 rings (SSSR count). The van der Waals surface area contributed by atoms with Gasteiger partial charge in [-0.1, -0.05) is 59.8 Å². The number of nitrogens with zero attached hydrogens (tertiary/aromatic N) is 1. The zero-order chi connectivity index (χ0) is 24.3. The SMILES string of the molecule is Cc1cc(C)c(S(=O)(=O)N2CCC[C@H](C(=O)Nc3ccccc3Sc3ccccc3)C2)c(C)c1. The van der Waals surface area contributed by atoms with E-state index in [0.29, 0.717) is 24.3 Å². The third-order valence-electron chi connectivity index (χ3n) is 6.07. The summed E-state index contributed by atoms with van der Waals surface area (Å²) in [5.41, 5.74) is 3.27. The molecule has 1 aliphatic heterocycles. The number of benzene rings is 3. The Morgan fingerprint density at radius 2 is 1.62 bits per heavy atom. The first kappa shape index (κ1) is 24.5. The first-order chi connectivity index (χ1) is 16.3. The van der Waals surface area contributed by atoms with Crippen molar-refractivity contribution in [1.29, 1.82) is 0 Å². The maximum atomic E-state index is 13.5. The monoisotopic (exact) mass is 494 g/mol. The van der Waals surface area contributed by atoms with E-state index in [9.17, 15) is 13.2 Å². The summed E-state index contributed by atoms with van der Waals surface area (Å²) >= 11 is 1.59. The number of rotatable bonds is 6. The summed E-state index contributed by atoms with van der Waals surface area (Å²) in [5, 5.41) is 3.06. The number of aryl methyl sites for hydroxylation is 3. The minimum absolute atomic E-state index is 0.140. The molecule has 178 valence electrons. The maximum Gasteiger partial charge on any atom is 0.243 e. The number of hydrogen-bond acceptors (Lipinski definition) is 4. The van der Waals surface area contributed by atoms with E-state index in [1.54, 1.807) is 11.8 Å². The Hall–Kier alpha value is -2.61. The molecule has 0 aliphatic carbocycles. The summed E-state index contributed by atoms with van der Waals surface area (Å²) in [6, 6.07) is 21.5. The Labute approximate surface area is 206 Å². The highest BCUT2D eigenvalue weighted by Gasteiger charge is 2.35. The van der Waals surface area contributed by atoms with Gasteiger partial charge >= 0.3 is 0 Å². The van der Waals surface area contributed by atoms with Crippen molar-refractivity contribution in [3.8, 4) is 0 Å². The first-order valence-electron chi connectivity index (χ1n) is 11.5. The topological polar surface area (TPSA) is 66.5 Å². The molecule has 7 heteroatoms. The van der Waals surface area contributed by atoms with Gasteiger partial charge in [-0.3, -0.25) is 4.79 Å². The normalized spacial score (nSPS) is 16.9. The summed E-state index contributed by atoms with van der Waals surface area (Å²) < 4.78 is 28.5. The van der Waals surface area contributed by atoms with Crippen LogP contribution in [0, 0.1) is 26.7 Å². The van der Waals surface area contributed by atoms with E-state index in [0.717, 1.165) is 32.2 Å². The number of para-hydroxylation sites is 1. The van der Waals surface area contributed by atoms with Gasteiger partial charge in [-0.25, -0.2) is 8.42 Å². The smallest absolute Gasteiger partial charge is 0.243 e. The highest BCUT2D eigenvalue weighted by atomic mass is 32.2. The van der Waals surface area contributed by atoms with Gasteiger partial charge in [0.05, 0.1) is 16.5 Å². The fourth-order valence-electron chi connectivity index (χ4n) is 4.59. The maximum absolute atomic E-state index is 13.5. The molecule has 1 atom stereocenters. The Bertz CT molecular complexity index is 1270. The molecule has 1 aliphatic rings. The Morgan fingerprint density at radius 1 is 0.971 bits per heavy atom. The second-order valence-electron chi connectivity index (χ2n) is 8.83. The van der Waals surface area contributed by atoms with Crippen molar-refractivity contribution in [2.24, 2.45) is 5.92 Å². The molecular formula is C27H30N2O3S2. The number of amides is 1. The van der Waals surface area contributed by atoms with Crippen LogP contribution < -0.4 is 5.32 Å². The van der Waals surface area contributed by atoms with Gasteiger partial charge in [-0.15, -0.1) is 0 Å². The van der Waals surface area contributed by atoms with Gasteiger partial charge in [0.2, 0.25) is 15.9 Å². The summed E-state index contributed by atoms with van der Waals surface area (Å²) in [4.78, 5) is 15.6. The fraction of sp³-hybridized carbons (Fsp3) is 0.296. The average molecular weight is 495 g/mol. The number of anilines is 1. The largest absolute Gasteiger partial charge is 0.325 e. The van der Waals surface area contributed by atoms with Crippen LogP contribution in [0.2, 0.25) is 0 Å². The molecule has 0 saturated carbocycles. The van der Waals surface area contributed by atoms with Crippen LogP contribution in [0.5, 0.6) is 0 Å². The number of nitrogens with one attached hydrogen (secondary N) is 1. The third-order valence-corrected chi connectivity index (χ3v) is 9.33. The predicted molar refractivity (Wildman–Crippen MR) is 138 cm³/mol. The zero-order valence-electron chi connectivity index (χ0n) is 19.7. The number of carbonyl (C=O) groups excluding carboxylic acids is 1. The molecule has 1 amide bonds. The van der Waals surface area contributed by atoms with Gasteiger partial charge in [0.1, 0.15) is 0 Å². The molecule has 3 aromatic rings. The molecule has 1 fully saturated rings. The number of carbonyl (C=O) groups is 1. The van der Waals surface area contributed by atoms with Crippen LogP contribution in [0.4, 0.5) is 5.69 Å². The minimum Gasteiger partial charge on any atom is -0.325 e. The third kappa shape index (κ3) is 5.37. The van der Waals surface area contributed by atoms with E-state index in [2.05, 4.69) is 5.32 Å². The molecule has 0 radical (unpaired) electrons. The van der Waals surface area contributed by atoms with Crippen LogP contribution in [-0.2, 0) is 14.8 Å². The minimum atomic E-state index is -3.68. The molecule has 0 aromatic heterocycles. The lowest BCUT2D eigenvalue weighted by Gasteiger charge is -2.32. The number of piperidine rings is 1.